The summed E-state index contributed by atoms with van der Waals surface area (Å²) in [6.07, 6.45) is 0.0118. The molecule has 2 aromatic heterocycles. The first-order valence-corrected chi connectivity index (χ1v) is 9.04. The lowest BCUT2D eigenvalue weighted by atomic mass is 10.2. The maximum absolute atomic E-state index is 12.8. The molecule has 0 aliphatic carbocycles. The highest BCUT2D eigenvalue weighted by Crippen LogP contribution is 2.18. The molecule has 0 aromatic carbocycles. The number of pyridine rings is 1. The maximum atomic E-state index is 12.8. The molecule has 1 aliphatic heterocycles. The molecule has 1 amide bonds. The van der Waals surface area contributed by atoms with E-state index in [-0.39, 0.29) is 12.0 Å². The first-order valence-electron chi connectivity index (χ1n) is 9.04. The number of carbonyl (C=O) groups excluding carboxylic acids is 1. The molecular weight excluding hydrogens is 346 g/mol. The number of hydrogen-bond acceptors (Lipinski definition) is 7. The molecular formula is C19H25N5O3. The monoisotopic (exact) mass is 371 g/mol. The minimum Gasteiger partial charge on any atom is -0.481 e. The van der Waals surface area contributed by atoms with Crippen molar-refractivity contribution in [3.63, 3.8) is 0 Å². The molecule has 27 heavy (non-hydrogen) atoms. The van der Waals surface area contributed by atoms with E-state index in [1.807, 2.05) is 20.8 Å². The third kappa shape index (κ3) is 4.64. The highest BCUT2D eigenvalue weighted by atomic mass is 16.5. The zero-order valence-electron chi connectivity index (χ0n) is 16.2. The molecule has 0 unspecified atom stereocenters. The molecule has 1 aliphatic rings. The van der Waals surface area contributed by atoms with Gasteiger partial charge in [0.05, 0.1) is 13.2 Å². The summed E-state index contributed by atoms with van der Waals surface area (Å²) in [5, 5.41) is 0. The van der Waals surface area contributed by atoms with E-state index < -0.39 is 0 Å². The predicted octanol–water partition coefficient (Wildman–Crippen LogP) is 1.94. The van der Waals surface area contributed by atoms with Crippen molar-refractivity contribution < 1.29 is 14.3 Å². The van der Waals surface area contributed by atoms with E-state index in [9.17, 15) is 4.79 Å². The van der Waals surface area contributed by atoms with Crippen LogP contribution in [0, 0.1) is 6.92 Å². The van der Waals surface area contributed by atoms with Gasteiger partial charge in [-0.3, -0.25) is 4.79 Å². The first-order chi connectivity index (χ1) is 13.0. The van der Waals surface area contributed by atoms with Gasteiger partial charge in [0.2, 0.25) is 17.7 Å². The molecule has 3 rings (SSSR count). The Morgan fingerprint density at radius 3 is 2.48 bits per heavy atom. The molecule has 0 spiro atoms. The van der Waals surface area contributed by atoms with E-state index in [2.05, 4.69) is 19.9 Å². The van der Waals surface area contributed by atoms with E-state index in [0.717, 1.165) is 5.69 Å². The zero-order valence-corrected chi connectivity index (χ0v) is 16.2. The van der Waals surface area contributed by atoms with Gasteiger partial charge >= 0.3 is 0 Å². The molecule has 0 N–H and O–H groups in total. The van der Waals surface area contributed by atoms with Crippen LogP contribution in [0.3, 0.4) is 0 Å². The number of aromatic nitrogens is 3. The largest absolute Gasteiger partial charge is 0.481 e. The lowest BCUT2D eigenvalue weighted by Gasteiger charge is -2.34. The van der Waals surface area contributed by atoms with Crippen LogP contribution in [-0.4, -0.2) is 65.2 Å². The van der Waals surface area contributed by atoms with Crippen LogP contribution in [0.15, 0.2) is 24.3 Å². The number of carbonyl (C=O) groups is 1. The highest BCUT2D eigenvalue weighted by molar-refractivity contribution is 5.92. The summed E-state index contributed by atoms with van der Waals surface area (Å²) < 4.78 is 10.8. The van der Waals surface area contributed by atoms with Gasteiger partial charge in [0.25, 0.3) is 5.91 Å². The second kappa shape index (κ2) is 8.20. The van der Waals surface area contributed by atoms with Crippen LogP contribution in [0.4, 0.5) is 5.95 Å². The molecule has 8 nitrogen and oxygen atoms in total. The second-order valence-electron chi connectivity index (χ2n) is 6.66. The van der Waals surface area contributed by atoms with Crippen LogP contribution < -0.4 is 14.4 Å². The molecule has 0 bridgehead atoms. The summed E-state index contributed by atoms with van der Waals surface area (Å²) in [6, 6.07) is 7.07. The van der Waals surface area contributed by atoms with E-state index >= 15 is 0 Å². The van der Waals surface area contributed by atoms with Crippen molar-refractivity contribution in [2.75, 3.05) is 38.2 Å². The minimum absolute atomic E-state index is 0.0118. The number of rotatable bonds is 5. The van der Waals surface area contributed by atoms with Crippen molar-refractivity contribution in [2.24, 2.45) is 0 Å². The molecule has 0 radical (unpaired) electrons. The average molecular weight is 371 g/mol. The summed E-state index contributed by atoms with van der Waals surface area (Å²) in [5.41, 5.74) is 1.25. The topological polar surface area (TPSA) is 80.7 Å². The number of hydrogen-bond donors (Lipinski definition) is 0. The summed E-state index contributed by atoms with van der Waals surface area (Å²) in [6.45, 7) is 8.23. The van der Waals surface area contributed by atoms with Gasteiger partial charge in [0.1, 0.15) is 5.69 Å². The Labute approximate surface area is 159 Å². The van der Waals surface area contributed by atoms with Gasteiger partial charge in [-0.1, -0.05) is 6.07 Å². The van der Waals surface area contributed by atoms with Crippen LogP contribution in [0.5, 0.6) is 11.8 Å². The van der Waals surface area contributed by atoms with Crippen LogP contribution >= 0.6 is 0 Å². The number of aryl methyl sites for hydroxylation is 1. The summed E-state index contributed by atoms with van der Waals surface area (Å²) >= 11 is 0. The van der Waals surface area contributed by atoms with Crippen molar-refractivity contribution in [1.82, 2.24) is 19.9 Å². The Kier molecular flexibility index (Phi) is 5.73. The van der Waals surface area contributed by atoms with E-state index in [0.29, 0.717) is 49.6 Å². The molecule has 1 saturated heterocycles. The van der Waals surface area contributed by atoms with Crippen LogP contribution in [0.1, 0.15) is 30.0 Å². The third-order valence-electron chi connectivity index (χ3n) is 4.18. The number of ether oxygens (including phenoxy) is 2. The van der Waals surface area contributed by atoms with Gasteiger partial charge in [-0.15, -0.1) is 0 Å². The minimum atomic E-state index is -0.0911. The van der Waals surface area contributed by atoms with Crippen LogP contribution in [0.25, 0.3) is 0 Å². The quantitative estimate of drug-likeness (QED) is 0.794. The Hall–Kier alpha value is -2.90. The lowest BCUT2D eigenvalue weighted by molar-refractivity contribution is 0.0738. The van der Waals surface area contributed by atoms with Crippen molar-refractivity contribution in [3.8, 4) is 11.8 Å². The highest BCUT2D eigenvalue weighted by Gasteiger charge is 2.25. The van der Waals surface area contributed by atoms with Gasteiger partial charge in [-0.05, 0) is 26.8 Å². The smallest absolute Gasteiger partial charge is 0.272 e. The lowest BCUT2D eigenvalue weighted by Crippen LogP contribution is -2.49. The maximum Gasteiger partial charge on any atom is 0.272 e. The Morgan fingerprint density at radius 2 is 1.81 bits per heavy atom. The normalized spacial score (nSPS) is 14.4. The zero-order chi connectivity index (χ0) is 19.4. The summed E-state index contributed by atoms with van der Waals surface area (Å²) in [4.78, 5) is 29.8. The van der Waals surface area contributed by atoms with E-state index in [1.165, 1.54) is 0 Å². The fraction of sp³-hybridized carbons (Fsp3) is 0.474. The first kappa shape index (κ1) is 18.9. The van der Waals surface area contributed by atoms with E-state index in [1.54, 1.807) is 36.3 Å². The average Bonchev–Trinajstić information content (AvgIpc) is 2.66. The Balaban J connectivity index is 1.65. The third-order valence-corrected chi connectivity index (χ3v) is 4.18. The fourth-order valence-electron chi connectivity index (χ4n) is 2.88. The van der Waals surface area contributed by atoms with Crippen molar-refractivity contribution in [1.29, 1.82) is 0 Å². The number of methoxy groups -OCH3 is 1. The summed E-state index contributed by atoms with van der Waals surface area (Å²) in [5.74, 6) is 1.55. The Morgan fingerprint density at radius 1 is 1.07 bits per heavy atom. The molecule has 0 saturated carbocycles. The molecule has 2 aromatic rings. The van der Waals surface area contributed by atoms with Gasteiger partial charge in [-0.25, -0.2) is 9.97 Å². The fourth-order valence-corrected chi connectivity index (χ4v) is 2.88. The van der Waals surface area contributed by atoms with E-state index in [4.69, 9.17) is 9.47 Å². The molecule has 144 valence electrons. The SMILES string of the molecule is COc1cc(C)nc(N2CCN(C(=O)c3cccc(OC(C)C)n3)CC2)n1. The second-order valence-corrected chi connectivity index (χ2v) is 6.66. The van der Waals surface area contributed by atoms with Crippen molar-refractivity contribution in [3.05, 3.63) is 35.7 Å². The van der Waals surface area contributed by atoms with Crippen LogP contribution in [0.2, 0.25) is 0 Å². The molecule has 3 heterocycles. The number of piperazine rings is 1. The standard InChI is InChI=1S/C19H25N5O3/c1-13(2)27-16-7-5-6-15(21-16)18(25)23-8-10-24(11-9-23)19-20-14(3)12-17(22-19)26-4/h5-7,12-13H,8-11H2,1-4H3. The van der Waals surface area contributed by atoms with Crippen molar-refractivity contribution >= 4 is 11.9 Å². The molecule has 1 fully saturated rings. The van der Waals surface area contributed by atoms with Gasteiger partial charge in [0, 0.05) is 44.0 Å². The predicted molar refractivity (Wildman–Crippen MR) is 101 cm³/mol. The number of anilines is 1. The van der Waals surface area contributed by atoms with Gasteiger partial charge < -0.3 is 19.3 Å². The molecule has 0 atom stereocenters. The summed E-state index contributed by atoms with van der Waals surface area (Å²) in [7, 11) is 1.59. The number of amides is 1. The Bertz CT molecular complexity index is 804. The van der Waals surface area contributed by atoms with Gasteiger partial charge in [0.15, 0.2) is 0 Å². The van der Waals surface area contributed by atoms with Crippen LogP contribution in [-0.2, 0) is 0 Å². The number of nitrogens with zero attached hydrogens (tertiary/aromatic N) is 5. The van der Waals surface area contributed by atoms with Gasteiger partial charge in [-0.2, -0.15) is 4.98 Å². The van der Waals surface area contributed by atoms with Crippen molar-refractivity contribution in [2.45, 2.75) is 26.9 Å². The molecule has 8 heteroatoms.